The second-order valence-electron chi connectivity index (χ2n) is 7.14. The SMILES string of the molecule is Cc1cc(=O)c(C(=O)N(C)CC(=O)Nc2ccc(OC(F)(F)F)cc2)nn1-c1ccccc1F. The molecular weight excluding hydrogens is 460 g/mol. The number of amides is 2. The topological polar surface area (TPSA) is 93.5 Å². The normalized spacial score (nSPS) is 11.1. The Bertz CT molecular complexity index is 1270. The summed E-state index contributed by atoms with van der Waals surface area (Å²) in [4.78, 5) is 38.3. The standard InChI is InChI=1S/C22H18F4N4O4/c1-13-11-18(31)20(28-30(13)17-6-4-3-5-16(17)23)21(33)29(2)12-19(32)27-14-7-9-15(10-8-14)34-22(24,25)26/h3-11H,12H2,1-2H3,(H,27,32). The van der Waals surface area contributed by atoms with Crippen molar-refractivity contribution in [3.05, 3.63) is 82.0 Å². The van der Waals surface area contributed by atoms with E-state index in [1.54, 1.807) is 6.07 Å². The van der Waals surface area contributed by atoms with Gasteiger partial charge in [0.2, 0.25) is 11.3 Å². The number of alkyl halides is 3. The average Bonchev–Trinajstić information content (AvgIpc) is 2.74. The minimum atomic E-state index is -4.84. The summed E-state index contributed by atoms with van der Waals surface area (Å²) in [6, 6.07) is 11.2. The Balaban J connectivity index is 1.72. The molecule has 0 saturated heterocycles. The lowest BCUT2D eigenvalue weighted by Gasteiger charge is -2.18. The van der Waals surface area contributed by atoms with Gasteiger partial charge >= 0.3 is 6.36 Å². The summed E-state index contributed by atoms with van der Waals surface area (Å²) in [5, 5.41) is 6.40. The Kier molecular flexibility index (Phi) is 6.99. The number of hydrogen-bond donors (Lipinski definition) is 1. The van der Waals surface area contributed by atoms with E-state index in [1.807, 2.05) is 0 Å². The molecule has 12 heteroatoms. The van der Waals surface area contributed by atoms with E-state index in [2.05, 4.69) is 15.2 Å². The summed E-state index contributed by atoms with van der Waals surface area (Å²) in [5.74, 6) is -2.63. The number of aromatic nitrogens is 2. The molecule has 0 aliphatic rings. The van der Waals surface area contributed by atoms with Gasteiger partial charge in [-0.25, -0.2) is 9.07 Å². The zero-order valence-electron chi connectivity index (χ0n) is 17.9. The number of hydrogen-bond acceptors (Lipinski definition) is 5. The van der Waals surface area contributed by atoms with Crippen LogP contribution >= 0.6 is 0 Å². The van der Waals surface area contributed by atoms with Crippen LogP contribution in [0.25, 0.3) is 5.69 Å². The highest BCUT2D eigenvalue weighted by molar-refractivity contribution is 5.98. The van der Waals surface area contributed by atoms with E-state index in [-0.39, 0.29) is 11.4 Å². The molecule has 34 heavy (non-hydrogen) atoms. The van der Waals surface area contributed by atoms with Gasteiger partial charge in [0.1, 0.15) is 17.3 Å². The van der Waals surface area contributed by atoms with Crippen molar-refractivity contribution < 1.29 is 31.9 Å². The number of rotatable bonds is 6. The van der Waals surface area contributed by atoms with E-state index in [1.165, 1.54) is 44.3 Å². The van der Waals surface area contributed by atoms with E-state index in [4.69, 9.17) is 0 Å². The van der Waals surface area contributed by atoms with Crippen molar-refractivity contribution in [2.45, 2.75) is 13.3 Å². The van der Waals surface area contributed by atoms with Gasteiger partial charge in [-0.05, 0) is 43.3 Å². The van der Waals surface area contributed by atoms with Crippen LogP contribution in [0.2, 0.25) is 0 Å². The Hall–Kier alpha value is -4.22. The van der Waals surface area contributed by atoms with Crippen LogP contribution in [0.1, 0.15) is 16.2 Å². The third-order valence-corrected chi connectivity index (χ3v) is 4.49. The molecule has 3 aromatic rings. The number of aryl methyl sites for hydroxylation is 1. The van der Waals surface area contributed by atoms with Crippen LogP contribution in [-0.4, -0.2) is 46.4 Å². The van der Waals surface area contributed by atoms with Gasteiger partial charge < -0.3 is 15.0 Å². The molecule has 0 atom stereocenters. The van der Waals surface area contributed by atoms with Crippen molar-refractivity contribution >= 4 is 17.5 Å². The molecule has 1 heterocycles. The maximum Gasteiger partial charge on any atom is 0.573 e. The number of carbonyl (C=O) groups is 2. The van der Waals surface area contributed by atoms with E-state index in [0.29, 0.717) is 5.69 Å². The van der Waals surface area contributed by atoms with Gasteiger partial charge in [0.15, 0.2) is 5.69 Å². The van der Waals surface area contributed by atoms with Crippen molar-refractivity contribution in [3.8, 4) is 11.4 Å². The molecule has 178 valence electrons. The van der Waals surface area contributed by atoms with Crippen LogP contribution in [-0.2, 0) is 4.79 Å². The number of halogens is 4. The molecule has 0 aliphatic carbocycles. The van der Waals surface area contributed by atoms with Crippen LogP contribution < -0.4 is 15.5 Å². The molecule has 0 aliphatic heterocycles. The summed E-state index contributed by atoms with van der Waals surface area (Å²) in [6.07, 6.45) is -4.84. The highest BCUT2D eigenvalue weighted by atomic mass is 19.4. The Morgan fingerprint density at radius 3 is 2.38 bits per heavy atom. The fourth-order valence-corrected chi connectivity index (χ4v) is 2.97. The summed E-state index contributed by atoms with van der Waals surface area (Å²) in [7, 11) is 1.26. The summed E-state index contributed by atoms with van der Waals surface area (Å²) < 4.78 is 55.7. The lowest BCUT2D eigenvalue weighted by molar-refractivity contribution is -0.274. The highest BCUT2D eigenvalue weighted by Crippen LogP contribution is 2.24. The molecule has 1 N–H and O–H groups in total. The molecule has 0 fully saturated rings. The fourth-order valence-electron chi connectivity index (χ4n) is 2.97. The number of nitrogens with one attached hydrogen (secondary N) is 1. The molecule has 0 spiro atoms. The van der Waals surface area contributed by atoms with Crippen molar-refractivity contribution in [1.82, 2.24) is 14.7 Å². The predicted molar refractivity (Wildman–Crippen MR) is 113 cm³/mol. The molecule has 0 saturated carbocycles. The Morgan fingerprint density at radius 1 is 1.12 bits per heavy atom. The van der Waals surface area contributed by atoms with Gasteiger partial charge in [-0.1, -0.05) is 12.1 Å². The maximum absolute atomic E-state index is 14.2. The van der Waals surface area contributed by atoms with Crippen molar-refractivity contribution in [3.63, 3.8) is 0 Å². The maximum atomic E-state index is 14.2. The van der Waals surface area contributed by atoms with Crippen LogP contribution in [0, 0.1) is 12.7 Å². The predicted octanol–water partition coefficient (Wildman–Crippen LogP) is 3.29. The lowest BCUT2D eigenvalue weighted by atomic mass is 10.2. The largest absolute Gasteiger partial charge is 0.573 e. The molecule has 3 rings (SSSR count). The van der Waals surface area contributed by atoms with E-state index in [0.717, 1.165) is 27.8 Å². The van der Waals surface area contributed by atoms with Crippen LogP contribution in [0.3, 0.4) is 0 Å². The second-order valence-corrected chi connectivity index (χ2v) is 7.14. The lowest BCUT2D eigenvalue weighted by Crippen LogP contribution is -2.38. The van der Waals surface area contributed by atoms with Gasteiger partial charge in [0.05, 0.1) is 6.54 Å². The number of anilines is 1. The third-order valence-electron chi connectivity index (χ3n) is 4.49. The Morgan fingerprint density at radius 2 is 1.76 bits per heavy atom. The number of benzene rings is 2. The average molecular weight is 478 g/mol. The minimum absolute atomic E-state index is 0.0346. The Labute approximate surface area is 190 Å². The second kappa shape index (κ2) is 9.73. The van der Waals surface area contributed by atoms with Crippen LogP contribution in [0.15, 0.2) is 59.4 Å². The molecule has 0 bridgehead atoms. The molecule has 1 aromatic heterocycles. The zero-order valence-corrected chi connectivity index (χ0v) is 17.9. The molecule has 2 aromatic carbocycles. The van der Waals surface area contributed by atoms with Crippen LogP contribution in [0.5, 0.6) is 5.75 Å². The van der Waals surface area contributed by atoms with Gasteiger partial charge in [0.25, 0.3) is 5.91 Å². The van der Waals surface area contributed by atoms with Crippen LogP contribution in [0.4, 0.5) is 23.2 Å². The zero-order chi connectivity index (χ0) is 25.0. The summed E-state index contributed by atoms with van der Waals surface area (Å²) in [5.41, 5.74) is -0.728. The summed E-state index contributed by atoms with van der Waals surface area (Å²) >= 11 is 0. The van der Waals surface area contributed by atoms with Gasteiger partial charge in [-0.15, -0.1) is 13.2 Å². The monoisotopic (exact) mass is 478 g/mol. The minimum Gasteiger partial charge on any atom is -0.406 e. The highest BCUT2D eigenvalue weighted by Gasteiger charge is 2.31. The van der Waals surface area contributed by atoms with Gasteiger partial charge in [-0.2, -0.15) is 5.10 Å². The van der Waals surface area contributed by atoms with Crippen molar-refractivity contribution in [2.75, 3.05) is 18.9 Å². The van der Waals surface area contributed by atoms with Crippen molar-refractivity contribution in [1.29, 1.82) is 0 Å². The number of nitrogens with zero attached hydrogens (tertiary/aromatic N) is 3. The van der Waals surface area contributed by atoms with Gasteiger partial charge in [-0.3, -0.25) is 14.4 Å². The van der Waals surface area contributed by atoms with E-state index in [9.17, 15) is 31.9 Å². The number of carbonyl (C=O) groups excluding carboxylic acids is 2. The first-order chi connectivity index (χ1) is 15.9. The molecule has 0 unspecified atom stereocenters. The number of likely N-dealkylation sites (N-methyl/N-ethyl adjacent to an activating group) is 1. The first-order valence-corrected chi connectivity index (χ1v) is 9.71. The third kappa shape index (κ3) is 5.97. The van der Waals surface area contributed by atoms with Crippen molar-refractivity contribution in [2.24, 2.45) is 0 Å². The van der Waals surface area contributed by atoms with E-state index < -0.39 is 47.4 Å². The first-order valence-electron chi connectivity index (χ1n) is 9.71. The fraction of sp³-hybridized carbons (Fsp3) is 0.182. The molecule has 2 amide bonds. The molecule has 8 nitrogen and oxygen atoms in total. The van der Waals surface area contributed by atoms with Gasteiger partial charge in [0, 0.05) is 24.5 Å². The quantitative estimate of drug-likeness (QED) is 0.549. The molecule has 0 radical (unpaired) electrons. The summed E-state index contributed by atoms with van der Waals surface area (Å²) in [6.45, 7) is 1.03. The number of para-hydroxylation sites is 1. The number of ether oxygens (including phenoxy) is 1. The molecular formula is C22H18F4N4O4. The first kappa shape index (κ1) is 24.4. The van der Waals surface area contributed by atoms with E-state index >= 15 is 0 Å². The smallest absolute Gasteiger partial charge is 0.406 e.